The second kappa shape index (κ2) is 15.0. The zero-order valence-corrected chi connectivity index (χ0v) is 30.1. The van der Waals surface area contributed by atoms with Gasteiger partial charge in [0.25, 0.3) is 0 Å². The zero-order valence-electron chi connectivity index (χ0n) is 28.5. The number of ether oxygens (including phenoxy) is 2. The van der Waals surface area contributed by atoms with E-state index in [0.717, 1.165) is 18.4 Å². The molecule has 262 valence electrons. The molecule has 13 heteroatoms. The van der Waals surface area contributed by atoms with E-state index in [9.17, 15) is 22.8 Å². The fourth-order valence-electron chi connectivity index (χ4n) is 6.04. The van der Waals surface area contributed by atoms with E-state index in [1.54, 1.807) is 56.9 Å². The van der Waals surface area contributed by atoms with Gasteiger partial charge in [-0.25, -0.2) is 17.9 Å². The molecule has 1 fully saturated rings. The van der Waals surface area contributed by atoms with Gasteiger partial charge in [0.05, 0.1) is 23.7 Å². The molecular formula is C35H47ClN4O7S. The summed E-state index contributed by atoms with van der Waals surface area (Å²) >= 11 is 6.13. The Bertz CT molecular complexity index is 1610. The first-order valence-corrected chi connectivity index (χ1v) is 18.1. The van der Waals surface area contributed by atoms with Crippen molar-refractivity contribution >= 4 is 44.4 Å². The minimum absolute atomic E-state index is 0.0180. The van der Waals surface area contributed by atoms with Gasteiger partial charge in [-0.1, -0.05) is 66.9 Å². The summed E-state index contributed by atoms with van der Waals surface area (Å²) in [5.74, 6) is -1.07. The van der Waals surface area contributed by atoms with Gasteiger partial charge in [-0.2, -0.15) is 0 Å². The zero-order chi connectivity index (χ0) is 35.3. The lowest BCUT2D eigenvalue weighted by atomic mass is 9.87. The Morgan fingerprint density at radius 1 is 1.00 bits per heavy atom. The maximum Gasteiger partial charge on any atom is 0.408 e. The molecule has 3 amide bonds. The number of hydrogen-bond donors (Lipinski definition) is 3. The minimum atomic E-state index is -3.90. The van der Waals surface area contributed by atoms with Gasteiger partial charge >= 0.3 is 6.09 Å². The first kappa shape index (κ1) is 37.4. The lowest BCUT2D eigenvalue weighted by molar-refractivity contribution is -0.139. The van der Waals surface area contributed by atoms with Crippen LogP contribution in [0.1, 0.15) is 78.4 Å². The number of alkyl carbamates (subject to hydrolysis) is 1. The number of nitrogens with zero attached hydrogens (tertiary/aromatic N) is 1. The third-order valence-electron chi connectivity index (χ3n) is 8.44. The molecule has 4 rings (SSSR count). The molecule has 0 unspecified atom stereocenters. The Hall–Kier alpha value is -3.45. The maximum absolute atomic E-state index is 14.3. The molecule has 3 N–H and O–H groups in total. The van der Waals surface area contributed by atoms with E-state index >= 15 is 0 Å². The number of hydrogen-bond acceptors (Lipinski definition) is 7. The largest absolute Gasteiger partial charge is 0.444 e. The summed E-state index contributed by atoms with van der Waals surface area (Å²) in [6.45, 7) is 10.3. The first-order chi connectivity index (χ1) is 22.5. The summed E-state index contributed by atoms with van der Waals surface area (Å²) in [6, 6.07) is 14.9. The predicted octanol–water partition coefficient (Wildman–Crippen LogP) is 5.15. The van der Waals surface area contributed by atoms with Crippen LogP contribution in [-0.2, 0) is 35.7 Å². The van der Waals surface area contributed by atoms with Crippen LogP contribution in [0.4, 0.5) is 4.79 Å². The summed E-state index contributed by atoms with van der Waals surface area (Å²) in [6.07, 6.45) is 2.11. The van der Waals surface area contributed by atoms with E-state index in [2.05, 4.69) is 15.4 Å². The number of rotatable bonds is 12. The Balaban J connectivity index is 1.64. The number of amides is 3. The fraction of sp³-hybridized carbons (Fsp3) is 0.514. The van der Waals surface area contributed by atoms with Crippen LogP contribution in [0, 0.1) is 0 Å². The average Bonchev–Trinajstić information content (AvgIpc) is 3.55. The van der Waals surface area contributed by atoms with Gasteiger partial charge in [0, 0.05) is 18.1 Å². The molecule has 1 heterocycles. The topological polar surface area (TPSA) is 143 Å². The summed E-state index contributed by atoms with van der Waals surface area (Å²) in [5, 5.41) is 5.84. The monoisotopic (exact) mass is 702 g/mol. The molecule has 0 bridgehead atoms. The second-order valence-corrected chi connectivity index (χ2v) is 15.9. The molecule has 48 heavy (non-hydrogen) atoms. The molecule has 2 aliphatic rings. The molecule has 0 aromatic heterocycles. The number of nitrogens with one attached hydrogen (secondary N) is 3. The quantitative estimate of drug-likeness (QED) is 0.278. The average molecular weight is 703 g/mol. The lowest BCUT2D eigenvalue weighted by Gasteiger charge is -2.34. The number of likely N-dealkylation sites (N-methyl/N-ethyl adjacent to an activating group) is 1. The van der Waals surface area contributed by atoms with Crippen molar-refractivity contribution < 1.29 is 32.3 Å². The van der Waals surface area contributed by atoms with E-state index < -0.39 is 50.7 Å². The molecule has 2 aromatic carbocycles. The summed E-state index contributed by atoms with van der Waals surface area (Å²) in [7, 11) is -3.90. The van der Waals surface area contributed by atoms with Crippen LogP contribution in [0.3, 0.4) is 0 Å². The highest BCUT2D eigenvalue weighted by atomic mass is 35.5. The van der Waals surface area contributed by atoms with Gasteiger partial charge < -0.3 is 25.0 Å². The van der Waals surface area contributed by atoms with Crippen molar-refractivity contribution in [3.05, 3.63) is 76.3 Å². The Morgan fingerprint density at radius 3 is 2.21 bits per heavy atom. The highest BCUT2D eigenvalue weighted by molar-refractivity contribution is 7.99. The molecule has 1 saturated carbocycles. The van der Waals surface area contributed by atoms with Gasteiger partial charge in [-0.05, 0) is 83.2 Å². The van der Waals surface area contributed by atoms with Crippen molar-refractivity contribution in [3.63, 3.8) is 0 Å². The molecular weight excluding hydrogens is 656 g/mol. The molecule has 1 atom stereocenters. The Labute approximate surface area is 288 Å². The van der Waals surface area contributed by atoms with Crippen LogP contribution >= 0.6 is 11.6 Å². The van der Waals surface area contributed by atoms with Crippen molar-refractivity contribution in [2.45, 2.75) is 96.6 Å². The SMILES string of the molecule is CCN(CC1=C(c2ccc(Cl)cc2)S(=O)(=O)NC12CCCC2)C(=O)[C@@H](COCc1ccccc1)NC(=O)C(C)(C)NC(=O)OC(C)(C)C. The number of sulfonamides is 1. The van der Waals surface area contributed by atoms with E-state index in [-0.39, 0.29) is 31.2 Å². The van der Waals surface area contributed by atoms with Crippen molar-refractivity contribution in [1.82, 2.24) is 20.3 Å². The van der Waals surface area contributed by atoms with Gasteiger partial charge in [-0.3, -0.25) is 9.59 Å². The minimum Gasteiger partial charge on any atom is -0.444 e. The highest BCUT2D eigenvalue weighted by Crippen LogP contribution is 2.47. The molecule has 1 spiro atoms. The van der Waals surface area contributed by atoms with Gasteiger partial charge in [0.15, 0.2) is 0 Å². The van der Waals surface area contributed by atoms with Crippen LogP contribution < -0.4 is 15.4 Å². The van der Waals surface area contributed by atoms with E-state index in [0.29, 0.717) is 29.0 Å². The second-order valence-electron chi connectivity index (χ2n) is 13.8. The van der Waals surface area contributed by atoms with Gasteiger partial charge in [0.1, 0.15) is 17.2 Å². The molecule has 1 aliphatic carbocycles. The first-order valence-electron chi connectivity index (χ1n) is 16.2. The van der Waals surface area contributed by atoms with E-state index in [1.807, 2.05) is 30.3 Å². The van der Waals surface area contributed by atoms with Crippen molar-refractivity contribution in [2.24, 2.45) is 0 Å². The lowest BCUT2D eigenvalue weighted by Crippen LogP contribution is -2.60. The van der Waals surface area contributed by atoms with Crippen LogP contribution in [0.25, 0.3) is 4.91 Å². The molecule has 0 radical (unpaired) electrons. The molecule has 1 aliphatic heterocycles. The Morgan fingerprint density at radius 2 is 1.62 bits per heavy atom. The van der Waals surface area contributed by atoms with E-state index in [4.69, 9.17) is 21.1 Å². The number of carbonyl (C=O) groups is 3. The van der Waals surface area contributed by atoms with Gasteiger partial charge in [-0.15, -0.1) is 0 Å². The smallest absolute Gasteiger partial charge is 0.408 e. The molecule has 0 saturated heterocycles. The normalized spacial score (nSPS) is 17.6. The summed E-state index contributed by atoms with van der Waals surface area (Å²) < 4.78 is 41.6. The van der Waals surface area contributed by atoms with Crippen molar-refractivity contribution in [2.75, 3.05) is 19.7 Å². The third kappa shape index (κ3) is 9.16. The summed E-state index contributed by atoms with van der Waals surface area (Å²) in [4.78, 5) is 42.2. The standard InChI is InChI=1S/C35H47ClN4O7S/c1-7-40(21-27-29(25-15-17-26(36)18-16-25)48(44,45)39-35(27)19-11-12-20-35)30(41)28(23-46-22-24-13-9-8-10-14-24)37-31(42)34(5,6)38-32(43)47-33(2,3)4/h8-10,13-18,28,39H,7,11-12,19-23H2,1-6H3,(H,37,42)(H,38,43)/t28-/m1/s1. The van der Waals surface area contributed by atoms with Crippen LogP contribution in [0.5, 0.6) is 0 Å². The number of carbonyl (C=O) groups excluding carboxylic acids is 3. The van der Waals surface area contributed by atoms with Crippen molar-refractivity contribution in [3.8, 4) is 0 Å². The summed E-state index contributed by atoms with van der Waals surface area (Å²) in [5.41, 5.74) is -1.05. The van der Waals surface area contributed by atoms with Gasteiger partial charge in [0.2, 0.25) is 21.8 Å². The Kier molecular flexibility index (Phi) is 11.7. The highest BCUT2D eigenvalue weighted by Gasteiger charge is 2.51. The van der Waals surface area contributed by atoms with Crippen molar-refractivity contribution in [1.29, 1.82) is 0 Å². The number of benzene rings is 2. The van der Waals surface area contributed by atoms with E-state index in [1.165, 1.54) is 13.8 Å². The van der Waals surface area contributed by atoms with Crippen LogP contribution in [0.2, 0.25) is 5.02 Å². The number of halogens is 1. The predicted molar refractivity (Wildman–Crippen MR) is 185 cm³/mol. The third-order valence-corrected chi connectivity index (χ3v) is 10.4. The molecule has 2 aromatic rings. The fourth-order valence-corrected chi connectivity index (χ4v) is 8.14. The maximum atomic E-state index is 14.3. The molecule has 11 nitrogen and oxygen atoms in total. The van der Waals surface area contributed by atoms with Crippen LogP contribution in [0.15, 0.2) is 60.2 Å². The van der Waals surface area contributed by atoms with Crippen LogP contribution in [-0.4, -0.2) is 73.6 Å².